The van der Waals surface area contributed by atoms with E-state index in [0.717, 1.165) is 75.3 Å². The molecule has 1 saturated heterocycles. The molecule has 3 unspecified atom stereocenters. The van der Waals surface area contributed by atoms with Gasteiger partial charge in [0.1, 0.15) is 11.9 Å². The number of anilines is 4. The highest BCUT2D eigenvalue weighted by molar-refractivity contribution is 14.2. The van der Waals surface area contributed by atoms with Gasteiger partial charge in [0.25, 0.3) is 0 Å². The minimum Gasteiger partial charge on any atom is -0.385 e. The SMILES string of the molecule is CNc1c(N2CC3C(C2)C2C4C3C24)c(F)c2c3c1N([C@@H]1CC1F)C=C(C=O)C3=IN2. The lowest BCUT2D eigenvalue weighted by Gasteiger charge is -2.34. The Morgan fingerprint density at radius 2 is 1.90 bits per heavy atom. The second kappa shape index (κ2) is 5.19. The Kier molecular flexibility index (Phi) is 2.93. The summed E-state index contributed by atoms with van der Waals surface area (Å²) in [6, 6.07) is -0.274. The topological polar surface area (TPSA) is 47.6 Å². The average molecular weight is 522 g/mol. The van der Waals surface area contributed by atoms with Crippen LogP contribution in [-0.4, -0.2) is 42.1 Å². The first-order chi connectivity index (χ1) is 14.6. The Bertz CT molecular complexity index is 1100. The molecule has 8 aliphatic rings. The Balaban J connectivity index is 1.31. The summed E-state index contributed by atoms with van der Waals surface area (Å²) in [4.78, 5) is 15.9. The summed E-state index contributed by atoms with van der Waals surface area (Å²) in [5.74, 6) is 5.02. The van der Waals surface area contributed by atoms with Crippen molar-refractivity contribution in [2.24, 2.45) is 35.5 Å². The first-order valence-electron chi connectivity index (χ1n) is 10.8. The Morgan fingerprint density at radius 3 is 2.50 bits per heavy atom. The van der Waals surface area contributed by atoms with Gasteiger partial charge in [0.15, 0.2) is 12.1 Å². The van der Waals surface area contributed by atoms with Gasteiger partial charge in [-0.25, -0.2) is 8.78 Å². The number of carbonyl (C=O) groups is 1. The number of halogens is 3. The predicted molar refractivity (Wildman–Crippen MR) is 121 cm³/mol. The van der Waals surface area contributed by atoms with Crippen molar-refractivity contribution in [1.29, 1.82) is 0 Å². The monoisotopic (exact) mass is 522 g/mol. The average Bonchev–Trinajstić information content (AvgIpc) is 3.62. The van der Waals surface area contributed by atoms with Gasteiger partial charge in [-0.3, -0.25) is 4.79 Å². The van der Waals surface area contributed by atoms with E-state index in [1.165, 1.54) is 0 Å². The van der Waals surface area contributed by atoms with Crippen LogP contribution in [0.1, 0.15) is 12.0 Å². The van der Waals surface area contributed by atoms with E-state index in [2.05, 4.69) is 13.7 Å². The number of hydrogen-bond acceptors (Lipinski definition) is 5. The summed E-state index contributed by atoms with van der Waals surface area (Å²) in [5, 5.41) is 3.28. The maximum absolute atomic E-state index is 16.0. The van der Waals surface area contributed by atoms with Crippen LogP contribution in [0.3, 0.4) is 0 Å². The second-order valence-electron chi connectivity index (χ2n) is 9.86. The van der Waals surface area contributed by atoms with E-state index in [4.69, 9.17) is 0 Å². The van der Waals surface area contributed by atoms with Crippen LogP contribution in [0.15, 0.2) is 11.8 Å². The molecule has 2 N–H and O–H groups in total. The highest BCUT2D eigenvalue weighted by Crippen LogP contribution is 2.86. The van der Waals surface area contributed by atoms with Crippen LogP contribution in [0.5, 0.6) is 0 Å². The molecule has 0 amide bonds. The Labute approximate surface area is 183 Å². The van der Waals surface area contributed by atoms with Gasteiger partial charge in [-0.2, -0.15) is 0 Å². The Morgan fingerprint density at radius 1 is 1.20 bits per heavy atom. The molecule has 6 fully saturated rings. The molecule has 9 rings (SSSR count). The van der Waals surface area contributed by atoms with Crippen LogP contribution >= 0.6 is 21.0 Å². The fourth-order valence-corrected chi connectivity index (χ4v) is 9.73. The molecule has 4 atom stereocenters. The molecule has 1 aromatic rings. The van der Waals surface area contributed by atoms with E-state index < -0.39 is 27.2 Å². The highest BCUT2D eigenvalue weighted by Gasteiger charge is 2.84. The smallest absolute Gasteiger partial charge is 0.173 e. The fraction of sp³-hybridized carbons (Fsp3) is 0.545. The van der Waals surface area contributed by atoms with Gasteiger partial charge in [-0.05, 0) is 35.5 Å². The minimum atomic E-state index is -0.908. The number of nitrogens with one attached hydrogen (secondary N) is 2. The van der Waals surface area contributed by atoms with Crippen molar-refractivity contribution in [2.75, 3.05) is 38.8 Å². The summed E-state index contributed by atoms with van der Waals surface area (Å²) in [5.41, 5.74) is 4.10. The molecule has 156 valence electrons. The van der Waals surface area contributed by atoms with Gasteiger partial charge in [-0.15, -0.1) is 0 Å². The molecule has 5 aliphatic carbocycles. The summed E-state index contributed by atoms with van der Waals surface area (Å²) >= 11 is -0.703. The zero-order chi connectivity index (χ0) is 20.0. The third-order valence-corrected chi connectivity index (χ3v) is 11.2. The standard InChI is InChI=1S/C22H21F2IN4O/c1-26-20-21-16-18(7(6-30)3-29(21)11-2-10(11)23)25-27-19(16)17(24)22(20)28-4-8-9(5-28)13-14-12(8)15(13)14/h3,6,8-15,26-27H,2,4-5H2,1H3/t8?,9?,10?,11-,12?,13?,14?,15?/m1/s1. The van der Waals surface area contributed by atoms with Crippen LogP contribution in [0, 0.1) is 41.3 Å². The molecule has 1 aromatic carbocycles. The van der Waals surface area contributed by atoms with Crippen molar-refractivity contribution in [3.05, 3.63) is 23.2 Å². The molecule has 5 nitrogen and oxygen atoms in total. The fourth-order valence-electron chi connectivity index (χ4n) is 7.31. The molecule has 8 heteroatoms. The second-order valence-corrected chi connectivity index (χ2v) is 12.0. The van der Waals surface area contributed by atoms with Gasteiger partial charge < -0.3 is 18.6 Å². The third-order valence-electron chi connectivity index (χ3n) is 8.71. The Hall–Kier alpha value is -1.71. The number of nitrogens with zero attached hydrogens (tertiary/aromatic N) is 2. The predicted octanol–water partition coefficient (Wildman–Crippen LogP) is 3.27. The molecule has 30 heavy (non-hydrogen) atoms. The first kappa shape index (κ1) is 16.9. The zero-order valence-corrected chi connectivity index (χ0v) is 18.5. The third kappa shape index (κ3) is 1.78. The van der Waals surface area contributed by atoms with Gasteiger partial charge >= 0.3 is 0 Å². The summed E-state index contributed by atoms with van der Waals surface area (Å²) in [6.07, 6.45) is 2.17. The number of hydrogen-bond donors (Lipinski definition) is 2. The number of carbonyl (C=O) groups excluding carboxylic acids is 1. The number of rotatable bonds is 4. The van der Waals surface area contributed by atoms with E-state index in [1.807, 2.05) is 11.9 Å². The number of benzene rings is 1. The van der Waals surface area contributed by atoms with Crippen LogP contribution < -0.4 is 18.6 Å². The maximum Gasteiger partial charge on any atom is 0.173 e. The van der Waals surface area contributed by atoms with Crippen molar-refractivity contribution in [3.8, 4) is 0 Å². The molecule has 3 heterocycles. The van der Waals surface area contributed by atoms with Crippen molar-refractivity contribution < 1.29 is 13.6 Å². The highest BCUT2D eigenvalue weighted by atomic mass is 127. The molecule has 3 aliphatic heterocycles. The van der Waals surface area contributed by atoms with Crippen molar-refractivity contribution in [1.82, 2.24) is 0 Å². The molecule has 0 aromatic heterocycles. The van der Waals surface area contributed by atoms with Gasteiger partial charge in [0.2, 0.25) is 0 Å². The van der Waals surface area contributed by atoms with Gasteiger partial charge in [0, 0.05) is 68.4 Å². The quantitative estimate of drug-likeness (QED) is 0.362. The van der Waals surface area contributed by atoms with Gasteiger partial charge in [0.05, 0.1) is 23.1 Å². The maximum atomic E-state index is 16.0. The van der Waals surface area contributed by atoms with E-state index in [9.17, 15) is 9.18 Å². The van der Waals surface area contributed by atoms with E-state index in [-0.39, 0.29) is 11.9 Å². The number of allylic oxidation sites excluding steroid dienone is 1. The summed E-state index contributed by atoms with van der Waals surface area (Å²) in [7, 11) is 1.83. The van der Waals surface area contributed by atoms with E-state index >= 15 is 4.39 Å². The lowest BCUT2D eigenvalue weighted by Crippen LogP contribution is -2.32. The van der Waals surface area contributed by atoms with E-state index in [0.29, 0.717) is 23.4 Å². The van der Waals surface area contributed by atoms with Crippen LogP contribution in [0.4, 0.5) is 31.5 Å². The van der Waals surface area contributed by atoms with E-state index in [1.54, 1.807) is 6.20 Å². The molecule has 5 saturated carbocycles. The van der Waals surface area contributed by atoms with Crippen LogP contribution in [0.25, 0.3) is 0 Å². The zero-order valence-electron chi connectivity index (χ0n) is 16.3. The van der Waals surface area contributed by atoms with Crippen molar-refractivity contribution >= 4 is 53.5 Å². The van der Waals surface area contributed by atoms with Crippen molar-refractivity contribution in [2.45, 2.75) is 18.6 Å². The van der Waals surface area contributed by atoms with Crippen LogP contribution in [-0.2, 0) is 4.79 Å². The molecule has 0 radical (unpaired) electrons. The van der Waals surface area contributed by atoms with Gasteiger partial charge in [-0.1, -0.05) is 0 Å². The molecular weight excluding hydrogens is 501 g/mol. The molecule has 0 spiro atoms. The minimum absolute atomic E-state index is 0.214. The largest absolute Gasteiger partial charge is 0.385 e. The number of alkyl halides is 1. The van der Waals surface area contributed by atoms with Crippen LogP contribution in [0.2, 0.25) is 0 Å². The molecule has 2 bridgehead atoms. The lowest BCUT2D eigenvalue weighted by atomic mass is 9.95. The summed E-state index contributed by atoms with van der Waals surface area (Å²) in [6.45, 7) is 1.86. The first-order valence-corrected chi connectivity index (χ1v) is 13.0. The molecular formula is C22H21F2IN4O. The number of aldehydes is 1. The lowest BCUT2D eigenvalue weighted by molar-refractivity contribution is -0.104. The van der Waals surface area contributed by atoms with Crippen molar-refractivity contribution in [3.63, 3.8) is 0 Å². The summed E-state index contributed by atoms with van der Waals surface area (Å²) < 4.78 is 34.4. The normalized spacial score (nSPS) is 42.4.